The second-order valence-corrected chi connectivity index (χ2v) is 6.10. The maximum Gasteiger partial charge on any atom is 0.249 e. The summed E-state index contributed by atoms with van der Waals surface area (Å²) < 4.78 is 0. The Morgan fingerprint density at radius 1 is 1.04 bits per heavy atom. The molecule has 0 heterocycles. The summed E-state index contributed by atoms with van der Waals surface area (Å²) in [5.41, 5.74) is 2.93. The highest BCUT2D eigenvalue weighted by molar-refractivity contribution is 6.42. The van der Waals surface area contributed by atoms with Gasteiger partial charge >= 0.3 is 0 Å². The average Bonchev–Trinajstić information content (AvgIpc) is 2.54. The molecule has 2 aromatic rings. The highest BCUT2D eigenvalue weighted by Crippen LogP contribution is 2.25. The molecule has 2 rings (SSSR count). The van der Waals surface area contributed by atoms with Crippen molar-refractivity contribution < 1.29 is 14.7 Å². The standard InChI is InChI=1S/C16H12Cl3N3O3/c17-10-1-4-14(23)9(5-10)8-20-22-16(25)7-15(24)21-11-2-3-12(18)13(19)6-11/h1-6,8,23H,7H2,(H,21,24)(H,22,25)/b20-8+. The number of hydrazone groups is 1. The Bertz CT molecular complexity index is 841. The summed E-state index contributed by atoms with van der Waals surface area (Å²) in [6.45, 7) is 0. The zero-order chi connectivity index (χ0) is 18.4. The Morgan fingerprint density at radius 2 is 1.80 bits per heavy atom. The molecule has 9 heteroatoms. The number of carbonyl (C=O) groups is 2. The van der Waals surface area contributed by atoms with Crippen LogP contribution in [-0.4, -0.2) is 23.1 Å². The number of hydrogen-bond donors (Lipinski definition) is 3. The maximum absolute atomic E-state index is 11.8. The molecule has 25 heavy (non-hydrogen) atoms. The zero-order valence-electron chi connectivity index (χ0n) is 12.6. The highest BCUT2D eigenvalue weighted by Gasteiger charge is 2.10. The molecule has 130 valence electrons. The van der Waals surface area contributed by atoms with E-state index in [1.807, 2.05) is 0 Å². The molecule has 6 nitrogen and oxygen atoms in total. The molecular formula is C16H12Cl3N3O3. The van der Waals surface area contributed by atoms with E-state index in [2.05, 4.69) is 15.8 Å². The van der Waals surface area contributed by atoms with E-state index in [1.165, 1.54) is 36.5 Å². The van der Waals surface area contributed by atoms with Crippen LogP contribution >= 0.6 is 34.8 Å². The lowest BCUT2D eigenvalue weighted by molar-refractivity contribution is -0.126. The molecule has 0 aromatic heterocycles. The lowest BCUT2D eigenvalue weighted by atomic mass is 10.2. The van der Waals surface area contributed by atoms with E-state index in [0.717, 1.165) is 0 Å². The van der Waals surface area contributed by atoms with Gasteiger partial charge in [0.05, 0.1) is 16.3 Å². The third kappa shape index (κ3) is 5.94. The van der Waals surface area contributed by atoms with Crippen LogP contribution in [0.1, 0.15) is 12.0 Å². The van der Waals surface area contributed by atoms with Gasteiger partial charge in [-0.05, 0) is 36.4 Å². The molecule has 0 saturated heterocycles. The number of carbonyl (C=O) groups excluding carboxylic acids is 2. The summed E-state index contributed by atoms with van der Waals surface area (Å²) in [6.07, 6.45) is 0.773. The summed E-state index contributed by atoms with van der Waals surface area (Å²) >= 11 is 17.4. The molecule has 0 unspecified atom stereocenters. The van der Waals surface area contributed by atoms with Gasteiger partial charge in [0.1, 0.15) is 12.2 Å². The number of aromatic hydroxyl groups is 1. The molecule has 0 radical (unpaired) electrons. The van der Waals surface area contributed by atoms with Crippen LogP contribution in [0.4, 0.5) is 5.69 Å². The van der Waals surface area contributed by atoms with Gasteiger partial charge in [-0.3, -0.25) is 9.59 Å². The van der Waals surface area contributed by atoms with Crippen LogP contribution in [0, 0.1) is 0 Å². The number of hydrogen-bond acceptors (Lipinski definition) is 4. The fourth-order valence-corrected chi connectivity index (χ4v) is 2.25. The SMILES string of the molecule is O=C(CC(=O)Nc1ccc(Cl)c(Cl)c1)N/N=C/c1cc(Cl)ccc1O. The average molecular weight is 401 g/mol. The first-order valence-corrected chi connectivity index (χ1v) is 8.04. The van der Waals surface area contributed by atoms with Crippen LogP contribution in [0.3, 0.4) is 0 Å². The van der Waals surface area contributed by atoms with Crippen LogP contribution in [-0.2, 0) is 9.59 Å². The van der Waals surface area contributed by atoms with Gasteiger partial charge in [-0.1, -0.05) is 34.8 Å². The Kier molecular flexibility index (Phi) is 6.64. The molecule has 0 aliphatic carbocycles. The fourth-order valence-electron chi connectivity index (χ4n) is 1.77. The Hall–Kier alpha value is -2.28. The molecule has 0 saturated carbocycles. The summed E-state index contributed by atoms with van der Waals surface area (Å²) in [7, 11) is 0. The summed E-state index contributed by atoms with van der Waals surface area (Å²) in [4.78, 5) is 23.5. The Balaban J connectivity index is 1.87. The van der Waals surface area contributed by atoms with Crippen LogP contribution in [0.5, 0.6) is 5.75 Å². The van der Waals surface area contributed by atoms with Gasteiger partial charge in [0.15, 0.2) is 0 Å². The number of nitrogens with zero attached hydrogens (tertiary/aromatic N) is 1. The van der Waals surface area contributed by atoms with Crippen LogP contribution < -0.4 is 10.7 Å². The first-order chi connectivity index (χ1) is 11.8. The van der Waals surface area contributed by atoms with Crippen molar-refractivity contribution in [3.8, 4) is 5.75 Å². The minimum absolute atomic E-state index is 0.0419. The van der Waals surface area contributed by atoms with E-state index in [9.17, 15) is 14.7 Å². The number of benzene rings is 2. The lowest BCUT2D eigenvalue weighted by Gasteiger charge is -2.05. The molecule has 2 amide bonds. The van der Waals surface area contributed by atoms with Gasteiger partial charge in [0.25, 0.3) is 0 Å². The summed E-state index contributed by atoms with van der Waals surface area (Å²) in [6, 6.07) is 8.95. The van der Waals surface area contributed by atoms with Crippen molar-refractivity contribution in [3.63, 3.8) is 0 Å². The van der Waals surface area contributed by atoms with Gasteiger partial charge in [-0.15, -0.1) is 0 Å². The number of phenols is 1. The quantitative estimate of drug-likeness (QED) is 0.405. The van der Waals surface area contributed by atoms with Gasteiger partial charge in [0.2, 0.25) is 11.8 Å². The highest BCUT2D eigenvalue weighted by atomic mass is 35.5. The topological polar surface area (TPSA) is 90.8 Å². The molecular weight excluding hydrogens is 389 g/mol. The minimum Gasteiger partial charge on any atom is -0.507 e. The number of nitrogens with one attached hydrogen (secondary N) is 2. The van der Waals surface area contributed by atoms with Gasteiger partial charge in [0, 0.05) is 16.3 Å². The molecule has 0 atom stereocenters. The van der Waals surface area contributed by atoms with E-state index >= 15 is 0 Å². The third-order valence-corrected chi connectivity index (χ3v) is 3.88. The molecule has 0 aliphatic heterocycles. The van der Waals surface area contributed by atoms with Crippen LogP contribution in [0.2, 0.25) is 15.1 Å². The van der Waals surface area contributed by atoms with Crippen molar-refractivity contribution in [1.29, 1.82) is 0 Å². The fraction of sp³-hybridized carbons (Fsp3) is 0.0625. The van der Waals surface area contributed by atoms with E-state index in [1.54, 1.807) is 6.07 Å². The molecule has 0 aliphatic rings. The summed E-state index contributed by atoms with van der Waals surface area (Å²) in [5, 5.41) is 16.8. The van der Waals surface area contributed by atoms with E-state index in [0.29, 0.717) is 21.3 Å². The smallest absolute Gasteiger partial charge is 0.249 e. The molecule has 3 N–H and O–H groups in total. The Labute approximate surface area is 158 Å². The van der Waals surface area contributed by atoms with Crippen molar-refractivity contribution in [2.24, 2.45) is 5.10 Å². The molecule has 2 aromatic carbocycles. The van der Waals surface area contributed by atoms with Crippen molar-refractivity contribution in [2.75, 3.05) is 5.32 Å². The molecule has 0 fully saturated rings. The molecule has 0 bridgehead atoms. The second-order valence-electron chi connectivity index (χ2n) is 4.85. The lowest BCUT2D eigenvalue weighted by Crippen LogP contribution is -2.24. The predicted molar refractivity (Wildman–Crippen MR) is 98.6 cm³/mol. The van der Waals surface area contributed by atoms with Gasteiger partial charge in [-0.25, -0.2) is 5.43 Å². The largest absolute Gasteiger partial charge is 0.507 e. The van der Waals surface area contributed by atoms with E-state index in [4.69, 9.17) is 34.8 Å². The van der Waals surface area contributed by atoms with E-state index < -0.39 is 18.2 Å². The monoisotopic (exact) mass is 399 g/mol. The van der Waals surface area contributed by atoms with Crippen molar-refractivity contribution in [1.82, 2.24) is 5.43 Å². The zero-order valence-corrected chi connectivity index (χ0v) is 14.9. The Morgan fingerprint density at radius 3 is 2.52 bits per heavy atom. The van der Waals surface area contributed by atoms with Crippen LogP contribution in [0.15, 0.2) is 41.5 Å². The van der Waals surface area contributed by atoms with Crippen molar-refractivity contribution in [3.05, 3.63) is 57.0 Å². The maximum atomic E-state index is 11.8. The van der Waals surface area contributed by atoms with Crippen molar-refractivity contribution in [2.45, 2.75) is 6.42 Å². The number of phenolic OH excluding ortho intramolecular Hbond substituents is 1. The predicted octanol–water partition coefficient (Wildman–Crippen LogP) is 3.83. The molecule has 0 spiro atoms. The van der Waals surface area contributed by atoms with E-state index in [-0.39, 0.29) is 10.8 Å². The second kappa shape index (κ2) is 8.71. The van der Waals surface area contributed by atoms with Crippen LogP contribution in [0.25, 0.3) is 0 Å². The first-order valence-electron chi connectivity index (χ1n) is 6.90. The third-order valence-electron chi connectivity index (χ3n) is 2.91. The number of halogens is 3. The normalized spacial score (nSPS) is 10.7. The minimum atomic E-state index is -0.629. The number of rotatable bonds is 5. The van der Waals surface area contributed by atoms with Crippen molar-refractivity contribution >= 4 is 58.5 Å². The summed E-state index contributed by atoms with van der Waals surface area (Å²) in [5.74, 6) is -1.22. The first kappa shape index (κ1) is 19.1. The van der Waals surface area contributed by atoms with Gasteiger partial charge < -0.3 is 10.4 Å². The number of amides is 2. The number of anilines is 1. The van der Waals surface area contributed by atoms with Gasteiger partial charge in [-0.2, -0.15) is 5.10 Å².